The molecule has 1 N–H and O–H groups in total. The number of carbonyl (C=O) groups excluding carboxylic acids is 1. The third-order valence-electron chi connectivity index (χ3n) is 3.03. The molecular weight excluding hydrogens is 210 g/mol. The number of rotatable bonds is 2. The molecule has 0 saturated heterocycles. The van der Waals surface area contributed by atoms with E-state index in [0.717, 1.165) is 28.1 Å². The highest BCUT2D eigenvalue weighted by atomic mass is 16.1. The Kier molecular flexibility index (Phi) is 2.88. The Morgan fingerprint density at radius 2 is 1.82 bits per heavy atom. The Hall–Kier alpha value is -1.83. The van der Waals surface area contributed by atoms with Crippen LogP contribution in [0.2, 0.25) is 0 Å². The molecule has 2 heteroatoms. The van der Waals surface area contributed by atoms with Crippen LogP contribution in [0.1, 0.15) is 34.2 Å². The van der Waals surface area contributed by atoms with Gasteiger partial charge in [-0.15, -0.1) is 0 Å². The Labute approximate surface area is 102 Å². The lowest BCUT2D eigenvalue weighted by atomic mass is 9.97. The number of nitrogens with one attached hydrogen (secondary N) is 1. The van der Waals surface area contributed by atoms with Crippen LogP contribution in [0.25, 0.3) is 11.1 Å². The number of hydrogen-bond donors (Lipinski definition) is 1. The number of carbonyl (C=O) groups is 1. The summed E-state index contributed by atoms with van der Waals surface area (Å²) in [5.74, 6) is 0.114. The van der Waals surface area contributed by atoms with E-state index in [1.165, 1.54) is 5.56 Å². The van der Waals surface area contributed by atoms with Gasteiger partial charge in [0, 0.05) is 22.5 Å². The van der Waals surface area contributed by atoms with Crippen molar-refractivity contribution in [2.45, 2.75) is 27.7 Å². The van der Waals surface area contributed by atoms with Crippen molar-refractivity contribution >= 4 is 5.78 Å². The lowest BCUT2D eigenvalue weighted by molar-refractivity contribution is 0.101. The lowest BCUT2D eigenvalue weighted by Gasteiger charge is -2.05. The second kappa shape index (κ2) is 4.21. The predicted octanol–water partition coefficient (Wildman–Crippen LogP) is 3.81. The maximum atomic E-state index is 11.7. The maximum absolute atomic E-state index is 11.7. The number of hydrogen-bond acceptors (Lipinski definition) is 1. The molecule has 88 valence electrons. The van der Waals surface area contributed by atoms with Crippen LogP contribution in [0, 0.1) is 20.8 Å². The van der Waals surface area contributed by atoms with Crippen LogP contribution in [-0.4, -0.2) is 10.8 Å². The first kappa shape index (κ1) is 11.6. The average molecular weight is 227 g/mol. The highest BCUT2D eigenvalue weighted by Gasteiger charge is 2.17. The third-order valence-corrected chi connectivity index (χ3v) is 3.03. The molecule has 0 spiro atoms. The highest BCUT2D eigenvalue weighted by Crippen LogP contribution is 2.30. The van der Waals surface area contributed by atoms with Gasteiger partial charge < -0.3 is 4.98 Å². The second-order valence-corrected chi connectivity index (χ2v) is 4.55. The number of aryl methyl sites for hydroxylation is 3. The van der Waals surface area contributed by atoms with E-state index in [-0.39, 0.29) is 5.78 Å². The van der Waals surface area contributed by atoms with Crippen molar-refractivity contribution in [3.63, 3.8) is 0 Å². The van der Waals surface area contributed by atoms with E-state index in [9.17, 15) is 4.79 Å². The quantitative estimate of drug-likeness (QED) is 0.777. The van der Waals surface area contributed by atoms with Crippen LogP contribution in [0.5, 0.6) is 0 Å². The molecular formula is C15H17NO. The van der Waals surface area contributed by atoms with E-state index in [4.69, 9.17) is 0 Å². The minimum atomic E-state index is 0.114. The molecule has 1 aromatic heterocycles. The number of Topliss-reactive ketones (excluding diaryl/α,β-unsaturated/α-hetero) is 1. The molecule has 0 atom stereocenters. The summed E-state index contributed by atoms with van der Waals surface area (Å²) in [6, 6.07) is 8.25. The fourth-order valence-corrected chi connectivity index (χ4v) is 2.38. The largest absolute Gasteiger partial charge is 0.362 e. The zero-order valence-electron chi connectivity index (χ0n) is 10.7. The molecule has 0 aliphatic heterocycles. The Bertz CT molecular complexity index is 579. The number of aromatic nitrogens is 1. The molecule has 2 nitrogen and oxygen atoms in total. The van der Waals surface area contributed by atoms with Gasteiger partial charge in [0.1, 0.15) is 0 Å². The fraction of sp³-hybridized carbons (Fsp3) is 0.267. The van der Waals surface area contributed by atoms with E-state index in [1.54, 1.807) is 6.92 Å². The van der Waals surface area contributed by atoms with Crippen molar-refractivity contribution in [1.29, 1.82) is 0 Å². The Balaban J connectivity index is 2.70. The number of aromatic amines is 1. The lowest BCUT2D eigenvalue weighted by Crippen LogP contribution is -1.95. The summed E-state index contributed by atoms with van der Waals surface area (Å²) in [4.78, 5) is 15.0. The van der Waals surface area contributed by atoms with E-state index >= 15 is 0 Å². The average Bonchev–Trinajstić information content (AvgIpc) is 2.53. The molecule has 1 heterocycles. The molecule has 0 fully saturated rings. The summed E-state index contributed by atoms with van der Waals surface area (Å²) in [5, 5.41) is 0. The zero-order valence-corrected chi connectivity index (χ0v) is 10.7. The van der Waals surface area contributed by atoms with Crippen molar-refractivity contribution in [1.82, 2.24) is 4.98 Å². The second-order valence-electron chi connectivity index (χ2n) is 4.55. The summed E-state index contributed by atoms with van der Waals surface area (Å²) in [7, 11) is 0. The van der Waals surface area contributed by atoms with Gasteiger partial charge in [-0.05, 0) is 33.3 Å². The van der Waals surface area contributed by atoms with Crippen LogP contribution >= 0.6 is 0 Å². The van der Waals surface area contributed by atoms with Gasteiger partial charge in [-0.25, -0.2) is 0 Å². The van der Waals surface area contributed by atoms with Gasteiger partial charge in [-0.3, -0.25) is 4.79 Å². The summed E-state index contributed by atoms with van der Waals surface area (Å²) in [6.07, 6.45) is 0. The van der Waals surface area contributed by atoms with Crippen molar-refractivity contribution in [2.24, 2.45) is 0 Å². The van der Waals surface area contributed by atoms with Crippen molar-refractivity contribution < 1.29 is 4.79 Å². The summed E-state index contributed by atoms with van der Waals surface area (Å²) < 4.78 is 0. The molecule has 2 rings (SSSR count). The molecule has 0 bridgehead atoms. The van der Waals surface area contributed by atoms with Crippen LogP contribution < -0.4 is 0 Å². The topological polar surface area (TPSA) is 32.9 Å². The molecule has 0 radical (unpaired) electrons. The van der Waals surface area contributed by atoms with E-state index in [0.29, 0.717) is 0 Å². The first-order valence-electron chi connectivity index (χ1n) is 5.78. The Morgan fingerprint density at radius 3 is 2.41 bits per heavy atom. The molecule has 17 heavy (non-hydrogen) atoms. The fourth-order valence-electron chi connectivity index (χ4n) is 2.38. The van der Waals surface area contributed by atoms with Crippen LogP contribution in [-0.2, 0) is 0 Å². The van der Waals surface area contributed by atoms with Gasteiger partial charge in [0.25, 0.3) is 0 Å². The molecule has 0 aliphatic carbocycles. The summed E-state index contributed by atoms with van der Waals surface area (Å²) in [5.41, 5.74) is 6.17. The van der Waals surface area contributed by atoms with E-state index in [1.807, 2.05) is 19.9 Å². The standard InChI is InChI=1S/C15H17NO/c1-9-6-5-7-13(8-9)15-11(3)16-10(2)14(15)12(4)17/h5-8,16H,1-4H3. The highest BCUT2D eigenvalue weighted by molar-refractivity contribution is 6.02. The van der Waals surface area contributed by atoms with Crippen molar-refractivity contribution in [3.8, 4) is 11.1 Å². The smallest absolute Gasteiger partial charge is 0.162 e. The van der Waals surface area contributed by atoms with Crippen LogP contribution in [0.3, 0.4) is 0 Å². The van der Waals surface area contributed by atoms with E-state index < -0.39 is 0 Å². The van der Waals surface area contributed by atoms with E-state index in [2.05, 4.69) is 30.1 Å². The molecule has 0 saturated carbocycles. The first-order valence-corrected chi connectivity index (χ1v) is 5.78. The molecule has 0 amide bonds. The molecule has 1 aromatic carbocycles. The van der Waals surface area contributed by atoms with Crippen molar-refractivity contribution in [2.75, 3.05) is 0 Å². The predicted molar refractivity (Wildman–Crippen MR) is 70.4 cm³/mol. The Morgan fingerprint density at radius 1 is 1.12 bits per heavy atom. The van der Waals surface area contributed by atoms with Gasteiger partial charge in [0.15, 0.2) is 5.78 Å². The first-order chi connectivity index (χ1) is 8.00. The van der Waals surface area contributed by atoms with Gasteiger partial charge in [-0.1, -0.05) is 29.8 Å². The number of benzene rings is 1. The molecule has 2 aromatic rings. The maximum Gasteiger partial charge on any atom is 0.162 e. The third kappa shape index (κ3) is 2.03. The van der Waals surface area contributed by atoms with Gasteiger partial charge in [-0.2, -0.15) is 0 Å². The van der Waals surface area contributed by atoms with Crippen LogP contribution in [0.4, 0.5) is 0 Å². The van der Waals surface area contributed by atoms with Gasteiger partial charge >= 0.3 is 0 Å². The van der Waals surface area contributed by atoms with Crippen molar-refractivity contribution in [3.05, 3.63) is 46.8 Å². The molecule has 0 aliphatic rings. The van der Waals surface area contributed by atoms with Crippen LogP contribution in [0.15, 0.2) is 24.3 Å². The zero-order chi connectivity index (χ0) is 12.6. The SMILES string of the molecule is CC(=O)c1c(C)[nH]c(C)c1-c1cccc(C)c1. The van der Waals surface area contributed by atoms with Gasteiger partial charge in [0.2, 0.25) is 0 Å². The van der Waals surface area contributed by atoms with Gasteiger partial charge in [0.05, 0.1) is 0 Å². The molecule has 0 unspecified atom stereocenters. The minimum absolute atomic E-state index is 0.114. The summed E-state index contributed by atoms with van der Waals surface area (Å²) >= 11 is 0. The minimum Gasteiger partial charge on any atom is -0.362 e. The normalized spacial score (nSPS) is 10.6. The number of H-pyrrole nitrogens is 1. The monoisotopic (exact) mass is 227 g/mol. The summed E-state index contributed by atoms with van der Waals surface area (Å²) in [6.45, 7) is 7.64. The number of ketones is 1.